The second-order valence-electron chi connectivity index (χ2n) is 6.16. The number of carbonyl (C=O) groups is 2. The molecule has 2 atom stereocenters. The van der Waals surface area contributed by atoms with E-state index in [9.17, 15) is 23.1 Å². The van der Waals surface area contributed by atoms with E-state index in [1.165, 1.54) is 11.2 Å². The van der Waals surface area contributed by atoms with Crippen LogP contribution in [0.3, 0.4) is 0 Å². The molecule has 1 saturated carbocycles. The van der Waals surface area contributed by atoms with Crippen LogP contribution in [0.15, 0.2) is 0 Å². The van der Waals surface area contributed by atoms with Crippen LogP contribution in [0.5, 0.6) is 0 Å². The van der Waals surface area contributed by atoms with Crippen molar-refractivity contribution in [1.82, 2.24) is 9.62 Å². The van der Waals surface area contributed by atoms with Crippen molar-refractivity contribution in [2.45, 2.75) is 50.6 Å². The van der Waals surface area contributed by atoms with E-state index in [2.05, 4.69) is 5.32 Å². The van der Waals surface area contributed by atoms with Gasteiger partial charge in [-0.05, 0) is 38.5 Å². The van der Waals surface area contributed by atoms with Crippen molar-refractivity contribution in [3.8, 4) is 0 Å². The summed E-state index contributed by atoms with van der Waals surface area (Å²) in [4.78, 5) is 23.9. The van der Waals surface area contributed by atoms with Gasteiger partial charge in [0.15, 0.2) is 0 Å². The Morgan fingerprint density at radius 1 is 1.24 bits per heavy atom. The molecule has 0 bridgehead atoms. The Labute approximate surface area is 124 Å². The zero-order valence-corrected chi connectivity index (χ0v) is 13.1. The Balaban J connectivity index is 2.16. The van der Waals surface area contributed by atoms with E-state index in [1.54, 1.807) is 0 Å². The van der Waals surface area contributed by atoms with Crippen molar-refractivity contribution in [3.05, 3.63) is 0 Å². The lowest BCUT2D eigenvalue weighted by Gasteiger charge is -2.35. The minimum Gasteiger partial charge on any atom is -0.480 e. The molecule has 2 rings (SSSR count). The van der Waals surface area contributed by atoms with Gasteiger partial charge in [-0.25, -0.2) is 13.2 Å². The molecule has 1 aliphatic carbocycles. The number of nitrogens with zero attached hydrogens (tertiary/aromatic N) is 1. The zero-order valence-electron chi connectivity index (χ0n) is 12.3. The summed E-state index contributed by atoms with van der Waals surface area (Å²) in [6, 6.07) is -0.800. The summed E-state index contributed by atoms with van der Waals surface area (Å²) in [5.74, 6) is -1.65. The maximum absolute atomic E-state index is 12.4. The number of aliphatic carboxylic acids is 1. The number of carboxylic acid groups (broad SMARTS) is 1. The minimum atomic E-state index is -3.48. The second kappa shape index (κ2) is 5.57. The van der Waals surface area contributed by atoms with Gasteiger partial charge in [-0.2, -0.15) is 4.31 Å². The number of hydrogen-bond acceptors (Lipinski definition) is 4. The maximum Gasteiger partial charge on any atom is 0.329 e. The molecule has 2 unspecified atom stereocenters. The lowest BCUT2D eigenvalue weighted by atomic mass is 9.94. The zero-order chi connectivity index (χ0) is 15.8. The maximum atomic E-state index is 12.4. The standard InChI is InChI=1S/C13H22N2O5S/c1-13(12(17)18,9-6-7-9)14-11(16)10-5-3-4-8-15(10)21(2,19)20/h9-10H,3-8H2,1-2H3,(H,14,16)(H,17,18). The van der Waals surface area contributed by atoms with Crippen LogP contribution in [0.4, 0.5) is 0 Å². The fourth-order valence-electron chi connectivity index (χ4n) is 2.89. The van der Waals surface area contributed by atoms with Crippen LogP contribution in [0.2, 0.25) is 0 Å². The predicted molar refractivity (Wildman–Crippen MR) is 76.1 cm³/mol. The van der Waals surface area contributed by atoms with Crippen molar-refractivity contribution >= 4 is 21.9 Å². The summed E-state index contributed by atoms with van der Waals surface area (Å²) in [5, 5.41) is 12.0. The molecule has 120 valence electrons. The average Bonchev–Trinajstić information content (AvgIpc) is 3.21. The molecular formula is C13H22N2O5S. The first-order chi connectivity index (χ1) is 9.66. The number of amides is 1. The van der Waals surface area contributed by atoms with Gasteiger partial charge in [0.2, 0.25) is 15.9 Å². The number of piperidine rings is 1. The van der Waals surface area contributed by atoms with E-state index >= 15 is 0 Å². The van der Waals surface area contributed by atoms with Gasteiger partial charge < -0.3 is 10.4 Å². The molecule has 0 aromatic carbocycles. The molecule has 1 aliphatic heterocycles. The van der Waals surface area contributed by atoms with E-state index in [0.29, 0.717) is 13.0 Å². The molecule has 2 fully saturated rings. The number of carbonyl (C=O) groups excluding carboxylic acids is 1. The van der Waals surface area contributed by atoms with Gasteiger partial charge in [0.1, 0.15) is 11.6 Å². The number of nitrogens with one attached hydrogen (secondary N) is 1. The van der Waals surface area contributed by atoms with Crippen molar-refractivity contribution in [3.63, 3.8) is 0 Å². The highest BCUT2D eigenvalue weighted by molar-refractivity contribution is 7.88. The topological polar surface area (TPSA) is 104 Å². The summed E-state index contributed by atoms with van der Waals surface area (Å²) >= 11 is 0. The van der Waals surface area contributed by atoms with Crippen LogP contribution in [-0.2, 0) is 19.6 Å². The summed E-state index contributed by atoms with van der Waals surface area (Å²) in [7, 11) is -3.48. The summed E-state index contributed by atoms with van der Waals surface area (Å²) in [6.45, 7) is 1.81. The molecule has 8 heteroatoms. The number of carboxylic acids is 1. The number of hydrogen-bond donors (Lipinski definition) is 2. The highest BCUT2D eigenvalue weighted by atomic mass is 32.2. The molecule has 1 heterocycles. The van der Waals surface area contributed by atoms with Crippen LogP contribution in [0.25, 0.3) is 0 Å². The summed E-state index contributed by atoms with van der Waals surface area (Å²) in [6.07, 6.45) is 4.52. The minimum absolute atomic E-state index is 0.0748. The molecule has 2 aliphatic rings. The molecular weight excluding hydrogens is 296 g/mol. The monoisotopic (exact) mass is 318 g/mol. The van der Waals surface area contributed by atoms with Gasteiger partial charge in [-0.1, -0.05) is 6.42 Å². The SMILES string of the molecule is CC(NC(=O)C1CCCCN1S(C)(=O)=O)(C(=O)O)C1CC1. The Morgan fingerprint density at radius 2 is 1.86 bits per heavy atom. The van der Waals surface area contributed by atoms with Crippen molar-refractivity contribution in [2.24, 2.45) is 5.92 Å². The molecule has 0 aromatic heterocycles. The third-order valence-electron chi connectivity index (χ3n) is 4.40. The van der Waals surface area contributed by atoms with Crippen LogP contribution in [0, 0.1) is 5.92 Å². The van der Waals surface area contributed by atoms with Crippen LogP contribution in [0.1, 0.15) is 39.0 Å². The van der Waals surface area contributed by atoms with Crippen LogP contribution >= 0.6 is 0 Å². The number of rotatable bonds is 5. The third kappa shape index (κ3) is 3.37. The van der Waals surface area contributed by atoms with Crippen molar-refractivity contribution in [1.29, 1.82) is 0 Å². The summed E-state index contributed by atoms with van der Waals surface area (Å²) < 4.78 is 24.7. The average molecular weight is 318 g/mol. The molecule has 0 radical (unpaired) electrons. The second-order valence-corrected chi connectivity index (χ2v) is 8.09. The van der Waals surface area contributed by atoms with Crippen molar-refractivity contribution in [2.75, 3.05) is 12.8 Å². The fraction of sp³-hybridized carbons (Fsp3) is 0.846. The Morgan fingerprint density at radius 3 is 2.33 bits per heavy atom. The van der Waals surface area contributed by atoms with E-state index in [1.807, 2.05) is 0 Å². The van der Waals surface area contributed by atoms with Crippen molar-refractivity contribution < 1.29 is 23.1 Å². The van der Waals surface area contributed by atoms with Crippen LogP contribution < -0.4 is 5.32 Å². The molecule has 1 amide bonds. The Kier molecular flexibility index (Phi) is 4.30. The molecule has 0 spiro atoms. The van der Waals surface area contributed by atoms with Gasteiger partial charge >= 0.3 is 5.97 Å². The molecule has 7 nitrogen and oxygen atoms in total. The van der Waals surface area contributed by atoms with Gasteiger partial charge in [0.05, 0.1) is 6.26 Å². The molecule has 2 N–H and O–H groups in total. The summed E-state index contributed by atoms with van der Waals surface area (Å²) in [5.41, 5.74) is -1.31. The van der Waals surface area contributed by atoms with E-state index < -0.39 is 33.5 Å². The smallest absolute Gasteiger partial charge is 0.329 e. The largest absolute Gasteiger partial charge is 0.480 e. The lowest BCUT2D eigenvalue weighted by Crippen LogP contribution is -2.60. The Hall–Kier alpha value is -1.15. The predicted octanol–water partition coefficient (Wildman–Crippen LogP) is 0.170. The normalized spacial score (nSPS) is 26.9. The Bertz CT molecular complexity index is 543. The van der Waals surface area contributed by atoms with Gasteiger partial charge in [-0.15, -0.1) is 0 Å². The van der Waals surface area contributed by atoms with E-state index in [-0.39, 0.29) is 5.92 Å². The van der Waals surface area contributed by atoms with Gasteiger partial charge in [-0.3, -0.25) is 4.79 Å². The molecule has 0 aromatic rings. The highest BCUT2D eigenvalue weighted by Crippen LogP contribution is 2.40. The first kappa shape index (κ1) is 16.2. The van der Waals surface area contributed by atoms with E-state index in [4.69, 9.17) is 0 Å². The number of sulfonamides is 1. The van der Waals surface area contributed by atoms with Gasteiger partial charge in [0, 0.05) is 6.54 Å². The highest BCUT2D eigenvalue weighted by Gasteiger charge is 2.50. The van der Waals surface area contributed by atoms with E-state index in [0.717, 1.165) is 31.9 Å². The first-order valence-electron chi connectivity index (χ1n) is 7.18. The van der Waals surface area contributed by atoms with Gasteiger partial charge in [0.25, 0.3) is 0 Å². The van der Waals surface area contributed by atoms with Crippen LogP contribution in [-0.4, -0.2) is 54.1 Å². The third-order valence-corrected chi connectivity index (χ3v) is 5.69. The fourth-order valence-corrected chi connectivity index (χ4v) is 4.02. The quantitative estimate of drug-likeness (QED) is 0.752. The first-order valence-corrected chi connectivity index (χ1v) is 9.03. The molecule has 1 saturated heterocycles. The lowest BCUT2D eigenvalue weighted by molar-refractivity contribution is -0.148. The molecule has 21 heavy (non-hydrogen) atoms.